The minimum absolute atomic E-state index is 0.241. The average Bonchev–Trinajstić information content (AvgIpc) is 3.74. The Morgan fingerprint density at radius 3 is 1.09 bits per heavy atom. The van der Waals surface area contributed by atoms with Crippen LogP contribution in [0.3, 0.4) is 0 Å². The molecule has 12 atom stereocenters. The van der Waals surface area contributed by atoms with Crippen molar-refractivity contribution in [3.05, 3.63) is 24.3 Å². The zero-order valence-corrected chi connectivity index (χ0v) is 58.2. The van der Waals surface area contributed by atoms with Gasteiger partial charge in [-0.1, -0.05) is 346 Å². The molecule has 2 saturated heterocycles. The number of hydrogen-bond donors (Lipinski definition) is 9. The molecule has 2 fully saturated rings. The number of ether oxygens (including phenoxy) is 4. The molecule has 2 aliphatic heterocycles. The number of allylic oxidation sites excluding steroid dienone is 3. The van der Waals surface area contributed by atoms with Crippen molar-refractivity contribution >= 4 is 5.91 Å². The number of aliphatic hydroxyl groups is 8. The molecule has 2 heterocycles. The fourth-order valence-electron chi connectivity index (χ4n) is 13.0. The Bertz CT molecular complexity index is 1600. The van der Waals surface area contributed by atoms with Crippen molar-refractivity contribution in [1.82, 2.24) is 5.32 Å². The summed E-state index contributed by atoms with van der Waals surface area (Å²) in [5.41, 5.74) is 0. The SMILES string of the molecule is CCCCCCCCCCCCCCCC/C=C/CC/C=C/C(O)C(COC1OC(CO)C(OC2OC(CO)C(O)C(O)C2O)C(O)C1O)NC(=O)CCCCCCCCCCCCCCCCCCCCCCCCCCCCCCCCCCCCCC. The zero-order valence-electron chi connectivity index (χ0n) is 58.2. The largest absolute Gasteiger partial charge is 0.394 e. The summed E-state index contributed by atoms with van der Waals surface area (Å²) in [5.74, 6) is -0.241. The summed E-state index contributed by atoms with van der Waals surface area (Å²) in [5, 5.41) is 87.5. The molecule has 0 aromatic carbocycles. The van der Waals surface area contributed by atoms with Crippen molar-refractivity contribution in [2.75, 3.05) is 19.8 Å². The second kappa shape index (κ2) is 61.1. The smallest absolute Gasteiger partial charge is 0.220 e. The molecule has 1 amide bonds. The average molecular weight is 1280 g/mol. The Hall–Kier alpha value is -1.53. The van der Waals surface area contributed by atoms with E-state index in [2.05, 4.69) is 31.3 Å². The number of carbonyl (C=O) groups is 1. The highest BCUT2D eigenvalue weighted by molar-refractivity contribution is 5.76. The van der Waals surface area contributed by atoms with Gasteiger partial charge in [-0.25, -0.2) is 0 Å². The molecular weight excluding hydrogens is 1130 g/mol. The normalized spacial score (nSPS) is 23.0. The number of carbonyl (C=O) groups excluding carboxylic acids is 1. The van der Waals surface area contributed by atoms with Gasteiger partial charge in [0.2, 0.25) is 5.91 Å². The topological polar surface area (TPSA) is 228 Å². The third-order valence-corrected chi connectivity index (χ3v) is 19.1. The molecule has 0 radical (unpaired) electrons. The lowest BCUT2D eigenvalue weighted by Crippen LogP contribution is -2.65. The predicted molar refractivity (Wildman–Crippen MR) is 369 cm³/mol. The monoisotopic (exact) mass is 1280 g/mol. The van der Waals surface area contributed by atoms with E-state index in [1.165, 1.54) is 295 Å². The van der Waals surface area contributed by atoms with Crippen molar-refractivity contribution in [1.29, 1.82) is 0 Å². The maximum absolute atomic E-state index is 13.3. The molecule has 2 aliphatic rings. The predicted octanol–water partition coefficient (Wildman–Crippen LogP) is 16.7. The summed E-state index contributed by atoms with van der Waals surface area (Å²) < 4.78 is 22.9. The Balaban J connectivity index is 1.60. The standard InChI is InChI=1S/C76H145NO13/c1-3-5-7-9-11-13-15-17-19-21-23-25-26-27-28-29-30-31-32-33-34-35-36-37-38-39-40-42-44-46-48-50-52-54-56-58-60-68(81)77-64(65(80)59-57-55-53-51-49-47-45-43-41-24-22-20-18-16-14-12-10-8-6-4-2)63-87-75-73(86)71(84)74(67(62-79)89-75)90-76-72(85)70(83)69(82)66(61-78)88-76/h49,51,57,59,64-67,69-76,78-80,82-86H,3-48,50,52-56,58,60-63H2,1-2H3,(H,77,81)/b51-49+,59-57+. The molecule has 9 N–H and O–H groups in total. The number of hydrogen-bond acceptors (Lipinski definition) is 13. The van der Waals surface area contributed by atoms with Crippen LogP contribution in [0.2, 0.25) is 0 Å². The number of unbranched alkanes of at least 4 members (excludes halogenated alkanes) is 50. The molecule has 0 saturated carbocycles. The summed E-state index contributed by atoms with van der Waals surface area (Å²) >= 11 is 0. The van der Waals surface area contributed by atoms with Crippen LogP contribution in [0.4, 0.5) is 0 Å². The Labute approximate surface area is 551 Å². The van der Waals surface area contributed by atoms with Crippen LogP contribution in [0.5, 0.6) is 0 Å². The van der Waals surface area contributed by atoms with Gasteiger partial charge in [0.05, 0.1) is 32.0 Å². The zero-order chi connectivity index (χ0) is 65.2. The summed E-state index contributed by atoms with van der Waals surface area (Å²) in [6, 6.07) is -0.929. The molecular formula is C76H145NO13. The second-order valence-electron chi connectivity index (χ2n) is 27.5. The van der Waals surface area contributed by atoms with Crippen LogP contribution in [0.25, 0.3) is 0 Å². The third-order valence-electron chi connectivity index (χ3n) is 19.1. The molecule has 0 spiro atoms. The van der Waals surface area contributed by atoms with E-state index >= 15 is 0 Å². The highest BCUT2D eigenvalue weighted by Crippen LogP contribution is 2.30. The maximum Gasteiger partial charge on any atom is 0.220 e. The fourth-order valence-corrected chi connectivity index (χ4v) is 13.0. The van der Waals surface area contributed by atoms with E-state index in [1.807, 2.05) is 6.08 Å². The van der Waals surface area contributed by atoms with Crippen LogP contribution in [-0.2, 0) is 23.7 Å². The van der Waals surface area contributed by atoms with Gasteiger partial charge in [0, 0.05) is 6.42 Å². The molecule has 2 rings (SSSR count). The molecule has 14 heteroatoms. The summed E-state index contributed by atoms with van der Waals surface area (Å²) in [7, 11) is 0. The van der Waals surface area contributed by atoms with Crippen LogP contribution < -0.4 is 5.32 Å². The van der Waals surface area contributed by atoms with Gasteiger partial charge in [0.15, 0.2) is 12.6 Å². The van der Waals surface area contributed by atoms with E-state index < -0.39 is 86.8 Å². The highest BCUT2D eigenvalue weighted by Gasteiger charge is 2.51. The Morgan fingerprint density at radius 2 is 0.711 bits per heavy atom. The minimum atomic E-state index is -1.79. The van der Waals surface area contributed by atoms with Crippen molar-refractivity contribution < 1.29 is 64.6 Å². The van der Waals surface area contributed by atoms with Gasteiger partial charge in [-0.15, -0.1) is 0 Å². The summed E-state index contributed by atoms with van der Waals surface area (Å²) in [4.78, 5) is 13.3. The van der Waals surface area contributed by atoms with Crippen LogP contribution in [0.15, 0.2) is 24.3 Å². The van der Waals surface area contributed by atoms with Gasteiger partial charge in [0.25, 0.3) is 0 Å². The first-order valence-electron chi connectivity index (χ1n) is 38.6. The summed E-state index contributed by atoms with van der Waals surface area (Å²) in [6.45, 7) is 2.84. The van der Waals surface area contributed by atoms with Gasteiger partial charge in [-0.2, -0.15) is 0 Å². The third kappa shape index (κ3) is 44.3. The van der Waals surface area contributed by atoms with E-state index in [0.717, 1.165) is 32.1 Å². The lowest BCUT2D eigenvalue weighted by atomic mass is 9.97. The number of aliphatic hydroxyl groups excluding tert-OH is 8. The number of amides is 1. The van der Waals surface area contributed by atoms with E-state index in [0.29, 0.717) is 12.8 Å². The molecule has 0 aliphatic carbocycles. The maximum atomic E-state index is 13.3. The lowest BCUT2D eigenvalue weighted by molar-refractivity contribution is -0.359. The fraction of sp³-hybridized carbons (Fsp3) is 0.934. The van der Waals surface area contributed by atoms with Gasteiger partial charge in [0.1, 0.15) is 48.8 Å². The van der Waals surface area contributed by atoms with Gasteiger partial charge in [-0.3, -0.25) is 4.79 Å². The molecule has 12 unspecified atom stereocenters. The molecule has 532 valence electrons. The van der Waals surface area contributed by atoms with Crippen LogP contribution >= 0.6 is 0 Å². The van der Waals surface area contributed by atoms with Crippen molar-refractivity contribution in [3.63, 3.8) is 0 Å². The minimum Gasteiger partial charge on any atom is -0.394 e. The number of nitrogens with one attached hydrogen (secondary N) is 1. The van der Waals surface area contributed by atoms with E-state index in [9.17, 15) is 45.6 Å². The Kier molecular flexibility index (Phi) is 57.4. The van der Waals surface area contributed by atoms with Crippen molar-refractivity contribution in [3.8, 4) is 0 Å². The van der Waals surface area contributed by atoms with Gasteiger partial charge >= 0.3 is 0 Å². The van der Waals surface area contributed by atoms with E-state index in [-0.39, 0.29) is 18.9 Å². The first kappa shape index (κ1) is 84.6. The molecule has 0 bridgehead atoms. The van der Waals surface area contributed by atoms with Crippen molar-refractivity contribution in [2.45, 2.75) is 434 Å². The second-order valence-corrected chi connectivity index (χ2v) is 27.5. The first-order valence-corrected chi connectivity index (χ1v) is 38.6. The van der Waals surface area contributed by atoms with Crippen molar-refractivity contribution in [2.24, 2.45) is 0 Å². The van der Waals surface area contributed by atoms with Crippen LogP contribution in [0.1, 0.15) is 361 Å². The van der Waals surface area contributed by atoms with Gasteiger partial charge < -0.3 is 65.1 Å². The van der Waals surface area contributed by atoms with Gasteiger partial charge in [-0.05, 0) is 32.1 Å². The molecule has 14 nitrogen and oxygen atoms in total. The van der Waals surface area contributed by atoms with Crippen LogP contribution in [0, 0.1) is 0 Å². The first-order chi connectivity index (χ1) is 44.1. The summed E-state index contributed by atoms with van der Waals surface area (Å²) in [6.07, 6.45) is 61.3. The highest BCUT2D eigenvalue weighted by atomic mass is 16.7. The molecule has 0 aromatic heterocycles. The molecule has 0 aromatic rings. The lowest BCUT2D eigenvalue weighted by Gasteiger charge is -2.46. The van der Waals surface area contributed by atoms with E-state index in [4.69, 9.17) is 18.9 Å². The van der Waals surface area contributed by atoms with E-state index in [1.54, 1.807) is 6.08 Å². The molecule has 90 heavy (non-hydrogen) atoms. The number of rotatable bonds is 65. The Morgan fingerprint density at radius 1 is 0.389 bits per heavy atom. The van der Waals surface area contributed by atoms with Crippen LogP contribution in [-0.4, -0.2) is 140 Å². The quantitative estimate of drug-likeness (QED) is 0.0204.